The van der Waals surface area contributed by atoms with Crippen LogP contribution < -0.4 is 4.74 Å². The molecule has 1 aromatic rings. The summed E-state index contributed by atoms with van der Waals surface area (Å²) >= 11 is 0. The van der Waals surface area contributed by atoms with E-state index in [4.69, 9.17) is 4.74 Å². The molecule has 3 atom stereocenters. The molecule has 1 N–H and O–H groups in total. The van der Waals surface area contributed by atoms with Crippen molar-refractivity contribution < 1.29 is 9.84 Å². The van der Waals surface area contributed by atoms with Crippen molar-refractivity contribution in [3.8, 4) is 5.75 Å². The summed E-state index contributed by atoms with van der Waals surface area (Å²) < 4.78 is 5.18. The maximum Gasteiger partial charge on any atom is 0.118 e. The Morgan fingerprint density at radius 3 is 2.72 bits per heavy atom. The largest absolute Gasteiger partial charge is 0.497 e. The molecule has 1 heterocycles. The molecule has 0 radical (unpaired) electrons. The summed E-state index contributed by atoms with van der Waals surface area (Å²) in [5.74, 6) is 1.41. The average molecular weight is 247 g/mol. The molecule has 1 aliphatic carbocycles. The van der Waals surface area contributed by atoms with Crippen LogP contribution in [0.1, 0.15) is 24.8 Å². The van der Waals surface area contributed by atoms with E-state index in [-0.39, 0.29) is 6.10 Å². The lowest BCUT2D eigenvalue weighted by atomic mass is 9.88. The number of methoxy groups -OCH3 is 1. The van der Waals surface area contributed by atoms with Crippen molar-refractivity contribution in [2.24, 2.45) is 5.92 Å². The van der Waals surface area contributed by atoms with Crippen LogP contribution in [-0.2, 0) is 6.54 Å². The number of ether oxygens (including phenoxy) is 1. The minimum atomic E-state index is -0.0675. The van der Waals surface area contributed by atoms with Crippen molar-refractivity contribution in [2.75, 3.05) is 13.7 Å². The first-order valence-electron chi connectivity index (χ1n) is 6.81. The first-order chi connectivity index (χ1) is 8.76. The molecule has 1 saturated carbocycles. The van der Waals surface area contributed by atoms with E-state index in [0.29, 0.717) is 12.0 Å². The van der Waals surface area contributed by atoms with Crippen LogP contribution >= 0.6 is 0 Å². The van der Waals surface area contributed by atoms with Gasteiger partial charge in [-0.2, -0.15) is 0 Å². The number of likely N-dealkylation sites (tertiary alicyclic amines) is 1. The molecule has 1 aromatic carbocycles. The highest BCUT2D eigenvalue weighted by atomic mass is 16.5. The molecule has 18 heavy (non-hydrogen) atoms. The van der Waals surface area contributed by atoms with E-state index in [1.165, 1.54) is 12.0 Å². The second kappa shape index (κ2) is 4.90. The summed E-state index contributed by atoms with van der Waals surface area (Å²) in [5, 5.41) is 9.90. The quantitative estimate of drug-likeness (QED) is 0.887. The van der Waals surface area contributed by atoms with Crippen LogP contribution in [0.3, 0.4) is 0 Å². The van der Waals surface area contributed by atoms with E-state index >= 15 is 0 Å². The van der Waals surface area contributed by atoms with E-state index in [0.717, 1.165) is 31.7 Å². The molecule has 1 saturated heterocycles. The van der Waals surface area contributed by atoms with Crippen molar-refractivity contribution in [3.63, 3.8) is 0 Å². The van der Waals surface area contributed by atoms with Gasteiger partial charge in [0.1, 0.15) is 5.75 Å². The first-order valence-corrected chi connectivity index (χ1v) is 6.81. The second-order valence-corrected chi connectivity index (χ2v) is 5.57. The molecule has 1 aliphatic heterocycles. The predicted molar refractivity (Wildman–Crippen MR) is 70.5 cm³/mol. The van der Waals surface area contributed by atoms with Crippen molar-refractivity contribution >= 4 is 0 Å². The Labute approximate surface area is 108 Å². The van der Waals surface area contributed by atoms with Gasteiger partial charge in [0, 0.05) is 19.1 Å². The highest BCUT2D eigenvalue weighted by Gasteiger charge is 2.39. The summed E-state index contributed by atoms with van der Waals surface area (Å²) in [6.45, 7) is 2.05. The standard InChI is InChI=1S/C15H21NO2/c1-18-14-5-2-11(3-6-14)9-16-10-12-8-13(16)4-7-15(12)17/h2-3,5-6,12-13,15,17H,4,7-10H2,1H3. The molecular weight excluding hydrogens is 226 g/mol. The van der Waals surface area contributed by atoms with Crippen LogP contribution in [0.5, 0.6) is 5.75 Å². The van der Waals surface area contributed by atoms with Gasteiger partial charge in [0.25, 0.3) is 0 Å². The summed E-state index contributed by atoms with van der Waals surface area (Å²) in [4.78, 5) is 2.53. The number of aliphatic hydroxyl groups is 1. The Morgan fingerprint density at radius 2 is 2.06 bits per heavy atom. The van der Waals surface area contributed by atoms with E-state index in [9.17, 15) is 5.11 Å². The van der Waals surface area contributed by atoms with Gasteiger partial charge >= 0.3 is 0 Å². The minimum Gasteiger partial charge on any atom is -0.497 e. The highest BCUT2D eigenvalue weighted by molar-refractivity contribution is 5.27. The van der Waals surface area contributed by atoms with Crippen LogP contribution in [0.2, 0.25) is 0 Å². The van der Waals surface area contributed by atoms with Crippen molar-refractivity contribution in [3.05, 3.63) is 29.8 Å². The molecule has 0 amide bonds. The molecule has 3 heteroatoms. The molecular formula is C15H21NO2. The van der Waals surface area contributed by atoms with E-state index in [1.54, 1.807) is 7.11 Å². The lowest BCUT2D eigenvalue weighted by Gasteiger charge is -2.26. The Balaban J connectivity index is 1.66. The fourth-order valence-electron chi connectivity index (χ4n) is 3.36. The van der Waals surface area contributed by atoms with Gasteiger partial charge in [-0.3, -0.25) is 4.90 Å². The van der Waals surface area contributed by atoms with Crippen molar-refractivity contribution in [2.45, 2.75) is 38.0 Å². The first kappa shape index (κ1) is 12.0. The van der Waals surface area contributed by atoms with E-state index in [1.807, 2.05) is 12.1 Å². The third-order valence-electron chi connectivity index (χ3n) is 4.44. The van der Waals surface area contributed by atoms with Crippen LogP contribution in [0.15, 0.2) is 24.3 Å². The fourth-order valence-corrected chi connectivity index (χ4v) is 3.36. The van der Waals surface area contributed by atoms with Gasteiger partial charge in [-0.05, 0) is 42.9 Å². The molecule has 98 valence electrons. The molecule has 3 rings (SSSR count). The molecule has 3 nitrogen and oxygen atoms in total. The second-order valence-electron chi connectivity index (χ2n) is 5.57. The molecule has 3 unspecified atom stereocenters. The Hall–Kier alpha value is -1.06. The third-order valence-corrected chi connectivity index (χ3v) is 4.44. The van der Waals surface area contributed by atoms with E-state index < -0.39 is 0 Å². The lowest BCUT2D eigenvalue weighted by Crippen LogP contribution is -2.29. The SMILES string of the molecule is COc1ccc(CN2CC3CC2CCC3O)cc1. The number of fused-ring (bicyclic) bond motifs is 2. The summed E-state index contributed by atoms with van der Waals surface area (Å²) in [7, 11) is 1.69. The molecule has 2 fully saturated rings. The van der Waals surface area contributed by atoms with Gasteiger partial charge in [-0.15, -0.1) is 0 Å². The topological polar surface area (TPSA) is 32.7 Å². The molecule has 0 spiro atoms. The van der Waals surface area contributed by atoms with Gasteiger partial charge in [-0.1, -0.05) is 12.1 Å². The minimum absolute atomic E-state index is 0.0675. The van der Waals surface area contributed by atoms with Gasteiger partial charge in [-0.25, -0.2) is 0 Å². The lowest BCUT2D eigenvalue weighted by molar-refractivity contribution is 0.0893. The monoisotopic (exact) mass is 247 g/mol. The summed E-state index contributed by atoms with van der Waals surface area (Å²) in [6, 6.07) is 8.99. The average Bonchev–Trinajstić information content (AvgIpc) is 2.74. The van der Waals surface area contributed by atoms with Crippen LogP contribution in [-0.4, -0.2) is 35.8 Å². The number of rotatable bonds is 3. The number of nitrogens with zero attached hydrogens (tertiary/aromatic N) is 1. The van der Waals surface area contributed by atoms with Crippen molar-refractivity contribution in [1.29, 1.82) is 0 Å². The third kappa shape index (κ3) is 2.25. The summed E-state index contributed by atoms with van der Waals surface area (Å²) in [6.07, 6.45) is 3.24. The number of hydrogen-bond acceptors (Lipinski definition) is 3. The Kier molecular flexibility index (Phi) is 3.27. The maximum absolute atomic E-state index is 9.90. The van der Waals surface area contributed by atoms with Gasteiger partial charge in [0.2, 0.25) is 0 Å². The predicted octanol–water partition coefficient (Wildman–Crippen LogP) is 2.04. The zero-order valence-corrected chi connectivity index (χ0v) is 10.9. The van der Waals surface area contributed by atoms with Gasteiger partial charge < -0.3 is 9.84 Å². The number of benzene rings is 1. The number of hydrogen-bond donors (Lipinski definition) is 1. The smallest absolute Gasteiger partial charge is 0.118 e. The Morgan fingerprint density at radius 1 is 1.28 bits per heavy atom. The van der Waals surface area contributed by atoms with Gasteiger partial charge in [0.15, 0.2) is 0 Å². The normalized spacial score (nSPS) is 31.6. The van der Waals surface area contributed by atoms with Crippen LogP contribution in [0.4, 0.5) is 0 Å². The van der Waals surface area contributed by atoms with Crippen LogP contribution in [0, 0.1) is 5.92 Å². The maximum atomic E-state index is 9.90. The van der Waals surface area contributed by atoms with Gasteiger partial charge in [0.05, 0.1) is 13.2 Å². The van der Waals surface area contributed by atoms with E-state index in [2.05, 4.69) is 17.0 Å². The summed E-state index contributed by atoms with van der Waals surface area (Å²) in [5.41, 5.74) is 1.33. The van der Waals surface area contributed by atoms with Crippen molar-refractivity contribution in [1.82, 2.24) is 4.90 Å². The molecule has 2 aliphatic rings. The number of aliphatic hydroxyl groups excluding tert-OH is 1. The zero-order valence-electron chi connectivity index (χ0n) is 10.9. The highest BCUT2D eigenvalue weighted by Crippen LogP contribution is 2.36. The van der Waals surface area contributed by atoms with Crippen LogP contribution in [0.25, 0.3) is 0 Å². The fraction of sp³-hybridized carbons (Fsp3) is 0.600. The zero-order chi connectivity index (χ0) is 12.5. The Bertz CT molecular complexity index is 403. The molecule has 0 aromatic heterocycles. The molecule has 2 bridgehead atoms.